The van der Waals surface area contributed by atoms with Crippen LogP contribution in [0.2, 0.25) is 0 Å². The molecular formula is C26H43NO7S. The fraction of sp³-hybridized carbons (Fsp3) is 0.923. The first-order valence-electron chi connectivity index (χ1n) is 13.4. The summed E-state index contributed by atoms with van der Waals surface area (Å²) in [5.74, 6) is 0.512. The van der Waals surface area contributed by atoms with Crippen LogP contribution in [0.4, 0.5) is 0 Å². The van der Waals surface area contributed by atoms with Crippen molar-refractivity contribution in [2.75, 3.05) is 12.3 Å². The molecule has 1 amide bonds. The van der Waals surface area contributed by atoms with E-state index in [-0.39, 0.29) is 65.9 Å². The second kappa shape index (κ2) is 9.69. The van der Waals surface area contributed by atoms with Gasteiger partial charge < -0.3 is 15.5 Å². The largest absolute Gasteiger partial charge is 0.393 e. The van der Waals surface area contributed by atoms with Gasteiger partial charge in [-0.25, -0.2) is 0 Å². The van der Waals surface area contributed by atoms with E-state index in [1.54, 1.807) is 0 Å². The number of carbonyl (C=O) groups excluding carboxylic acids is 2. The first-order chi connectivity index (χ1) is 16.3. The summed E-state index contributed by atoms with van der Waals surface area (Å²) in [6.07, 6.45) is 5.54. The molecule has 4 aliphatic carbocycles. The van der Waals surface area contributed by atoms with Crippen molar-refractivity contribution in [2.45, 2.75) is 90.8 Å². The molecule has 0 aromatic rings. The highest BCUT2D eigenvalue weighted by Gasteiger charge is 2.65. The molecule has 0 radical (unpaired) electrons. The Labute approximate surface area is 209 Å². The number of aliphatic hydroxyl groups excluding tert-OH is 2. The third-order valence-electron chi connectivity index (χ3n) is 10.8. The van der Waals surface area contributed by atoms with Crippen LogP contribution >= 0.6 is 0 Å². The van der Waals surface area contributed by atoms with Crippen molar-refractivity contribution in [3.63, 3.8) is 0 Å². The van der Waals surface area contributed by atoms with E-state index in [2.05, 4.69) is 26.1 Å². The Balaban J connectivity index is 1.44. The molecule has 4 aliphatic rings. The van der Waals surface area contributed by atoms with Gasteiger partial charge in [0.1, 0.15) is 5.78 Å². The van der Waals surface area contributed by atoms with Crippen molar-refractivity contribution in [3.05, 3.63) is 0 Å². The summed E-state index contributed by atoms with van der Waals surface area (Å²) in [5.41, 5.74) is -0.510. The quantitative estimate of drug-likeness (QED) is 0.383. The Morgan fingerprint density at radius 1 is 1.14 bits per heavy atom. The molecule has 0 saturated heterocycles. The van der Waals surface area contributed by atoms with Gasteiger partial charge in [-0.2, -0.15) is 8.42 Å². The number of aliphatic hydroxyl groups is 2. The van der Waals surface area contributed by atoms with Gasteiger partial charge in [0.25, 0.3) is 10.1 Å². The minimum absolute atomic E-state index is 0.00996. The van der Waals surface area contributed by atoms with Gasteiger partial charge in [-0.1, -0.05) is 20.8 Å². The van der Waals surface area contributed by atoms with Crippen LogP contribution in [-0.4, -0.2) is 59.4 Å². The molecule has 200 valence electrons. The van der Waals surface area contributed by atoms with E-state index in [4.69, 9.17) is 4.55 Å². The SMILES string of the molecule is C[C@H](CCC(=O)NCCS(=O)(=O)O)[C@H]1CCC2C3C(CC(=O)[C@@]21C)[C@@]1(C)CC[C@@H](O)C[C@H]1C[C@H]3O. The molecule has 4 N–H and O–H groups in total. The molecule has 3 unspecified atom stereocenters. The highest BCUT2D eigenvalue weighted by molar-refractivity contribution is 7.85. The van der Waals surface area contributed by atoms with E-state index in [9.17, 15) is 28.2 Å². The molecule has 10 atom stereocenters. The molecule has 0 heterocycles. The smallest absolute Gasteiger partial charge is 0.266 e. The summed E-state index contributed by atoms with van der Waals surface area (Å²) in [5, 5.41) is 24.1. The summed E-state index contributed by atoms with van der Waals surface area (Å²) in [6.45, 7) is 6.37. The van der Waals surface area contributed by atoms with E-state index in [0.29, 0.717) is 25.0 Å². The van der Waals surface area contributed by atoms with Gasteiger partial charge >= 0.3 is 0 Å². The topological polar surface area (TPSA) is 141 Å². The molecule has 0 bridgehead atoms. The molecule has 0 aromatic carbocycles. The lowest BCUT2D eigenvalue weighted by Gasteiger charge is -2.61. The van der Waals surface area contributed by atoms with Crippen LogP contribution in [0.3, 0.4) is 0 Å². The van der Waals surface area contributed by atoms with Crippen LogP contribution in [0, 0.1) is 46.3 Å². The number of fused-ring (bicyclic) bond motifs is 5. The van der Waals surface area contributed by atoms with Gasteiger partial charge in [-0.15, -0.1) is 0 Å². The van der Waals surface area contributed by atoms with Crippen molar-refractivity contribution in [1.29, 1.82) is 0 Å². The number of Topliss-reactive ketones (excluding diaryl/α,β-unsaturated/α-hetero) is 1. The van der Waals surface area contributed by atoms with E-state index in [1.807, 2.05) is 0 Å². The van der Waals surface area contributed by atoms with Crippen LogP contribution < -0.4 is 5.32 Å². The third kappa shape index (κ3) is 4.94. The summed E-state index contributed by atoms with van der Waals surface area (Å²) in [4.78, 5) is 26.0. The van der Waals surface area contributed by atoms with Crippen molar-refractivity contribution in [2.24, 2.45) is 46.3 Å². The van der Waals surface area contributed by atoms with E-state index < -0.39 is 27.4 Å². The standard InChI is InChI=1S/C26H43NO7S/c1-15(4-7-23(31)27-10-11-35(32,33)34)18-5-6-19-24-20(14-22(30)26(18,19)3)25(2)9-8-17(28)12-16(25)13-21(24)29/h15-21,24,28-29H,4-14H2,1-3H3,(H,27,31)(H,32,33,34)/t15-,16+,17-,18-,19?,20?,21-,24?,25+,26-/m1/s1. The zero-order valence-corrected chi connectivity index (χ0v) is 22.1. The summed E-state index contributed by atoms with van der Waals surface area (Å²) in [7, 11) is -4.11. The lowest BCUT2D eigenvalue weighted by molar-refractivity contribution is -0.181. The summed E-state index contributed by atoms with van der Waals surface area (Å²) >= 11 is 0. The molecule has 0 spiro atoms. The molecule has 0 aliphatic heterocycles. The van der Waals surface area contributed by atoms with E-state index in [0.717, 1.165) is 32.1 Å². The molecule has 4 fully saturated rings. The van der Waals surface area contributed by atoms with Gasteiger partial charge in [-0.3, -0.25) is 14.1 Å². The monoisotopic (exact) mass is 513 g/mol. The minimum atomic E-state index is -4.11. The lowest BCUT2D eigenvalue weighted by atomic mass is 9.43. The Kier molecular flexibility index (Phi) is 7.48. The maximum Gasteiger partial charge on any atom is 0.266 e. The zero-order chi connectivity index (χ0) is 25.8. The highest BCUT2D eigenvalue weighted by Crippen LogP contribution is 2.67. The number of carbonyl (C=O) groups is 2. The van der Waals surface area contributed by atoms with E-state index in [1.165, 1.54) is 0 Å². The Morgan fingerprint density at radius 2 is 1.86 bits per heavy atom. The molecule has 8 nitrogen and oxygen atoms in total. The highest BCUT2D eigenvalue weighted by atomic mass is 32.2. The number of rotatable bonds is 7. The predicted octanol–water partition coefficient (Wildman–Crippen LogP) is 2.58. The Hall–Kier alpha value is -1.03. The molecule has 9 heteroatoms. The second-order valence-corrected chi connectivity index (χ2v) is 14.0. The van der Waals surface area contributed by atoms with Crippen LogP contribution in [-0.2, 0) is 19.7 Å². The molecule has 35 heavy (non-hydrogen) atoms. The number of ketones is 1. The van der Waals surface area contributed by atoms with Gasteiger partial charge in [-0.05, 0) is 85.9 Å². The van der Waals surface area contributed by atoms with Crippen molar-refractivity contribution in [1.82, 2.24) is 5.32 Å². The number of nitrogens with one attached hydrogen (secondary N) is 1. The van der Waals surface area contributed by atoms with Crippen molar-refractivity contribution < 1.29 is 32.8 Å². The molecular weight excluding hydrogens is 470 g/mol. The lowest BCUT2D eigenvalue weighted by Crippen LogP contribution is -2.61. The Bertz CT molecular complexity index is 938. The van der Waals surface area contributed by atoms with Crippen LogP contribution in [0.15, 0.2) is 0 Å². The summed E-state index contributed by atoms with van der Waals surface area (Å²) in [6, 6.07) is 0. The molecule has 4 rings (SSSR count). The summed E-state index contributed by atoms with van der Waals surface area (Å²) < 4.78 is 30.5. The van der Waals surface area contributed by atoms with Crippen LogP contribution in [0.1, 0.15) is 78.6 Å². The third-order valence-corrected chi connectivity index (χ3v) is 11.5. The second-order valence-electron chi connectivity index (χ2n) is 12.5. The van der Waals surface area contributed by atoms with Gasteiger partial charge in [0.15, 0.2) is 0 Å². The average Bonchev–Trinajstić information content (AvgIpc) is 3.12. The first-order valence-corrected chi connectivity index (χ1v) is 15.0. The number of hydrogen-bond donors (Lipinski definition) is 4. The van der Waals surface area contributed by atoms with Crippen molar-refractivity contribution in [3.8, 4) is 0 Å². The minimum Gasteiger partial charge on any atom is -0.393 e. The Morgan fingerprint density at radius 3 is 2.54 bits per heavy atom. The first kappa shape index (κ1) is 27.0. The fourth-order valence-electron chi connectivity index (χ4n) is 8.83. The van der Waals surface area contributed by atoms with Gasteiger partial charge in [0.2, 0.25) is 5.91 Å². The molecule has 4 saturated carbocycles. The van der Waals surface area contributed by atoms with Gasteiger partial charge in [0.05, 0.1) is 18.0 Å². The number of hydrogen-bond acceptors (Lipinski definition) is 6. The normalized spacial score (nSPS) is 44.2. The number of amides is 1. The van der Waals surface area contributed by atoms with Crippen LogP contribution in [0.25, 0.3) is 0 Å². The van der Waals surface area contributed by atoms with Gasteiger partial charge in [0, 0.05) is 24.8 Å². The van der Waals surface area contributed by atoms with E-state index >= 15 is 0 Å². The zero-order valence-electron chi connectivity index (χ0n) is 21.3. The average molecular weight is 514 g/mol. The maximum atomic E-state index is 13.8. The maximum absolute atomic E-state index is 13.8. The fourth-order valence-corrected chi connectivity index (χ4v) is 9.19. The van der Waals surface area contributed by atoms with Crippen LogP contribution in [0.5, 0.6) is 0 Å². The van der Waals surface area contributed by atoms with Crippen molar-refractivity contribution >= 4 is 21.8 Å². The predicted molar refractivity (Wildman–Crippen MR) is 131 cm³/mol. The molecule has 0 aromatic heterocycles.